The van der Waals surface area contributed by atoms with Crippen LogP contribution in [0.15, 0.2) is 24.3 Å². The number of thiophene rings is 1. The van der Waals surface area contributed by atoms with Crippen molar-refractivity contribution in [3.8, 4) is 11.8 Å². The molecule has 0 spiro atoms. The lowest BCUT2D eigenvalue weighted by Gasteiger charge is -2.14. The van der Waals surface area contributed by atoms with Crippen LogP contribution in [0.2, 0.25) is 0 Å². The van der Waals surface area contributed by atoms with Crippen LogP contribution in [0, 0.1) is 18.3 Å². The number of fused-ring (bicyclic) bond motifs is 1. The first-order chi connectivity index (χ1) is 14.0. The Morgan fingerprint density at radius 3 is 2.76 bits per heavy atom. The lowest BCUT2D eigenvalue weighted by Crippen LogP contribution is -2.31. The van der Waals surface area contributed by atoms with Crippen molar-refractivity contribution in [3.05, 3.63) is 45.8 Å². The van der Waals surface area contributed by atoms with Gasteiger partial charge in [-0.3, -0.25) is 4.79 Å². The van der Waals surface area contributed by atoms with Gasteiger partial charge in [0.2, 0.25) is 0 Å². The van der Waals surface area contributed by atoms with Gasteiger partial charge in [0.15, 0.2) is 12.7 Å². The van der Waals surface area contributed by atoms with Crippen molar-refractivity contribution in [2.45, 2.75) is 52.1 Å². The molecular formula is C22H24N2O4S. The monoisotopic (exact) mass is 412 g/mol. The third-order valence-electron chi connectivity index (χ3n) is 4.89. The van der Waals surface area contributed by atoms with E-state index in [1.165, 1.54) is 23.1 Å². The van der Waals surface area contributed by atoms with E-state index in [0.29, 0.717) is 16.3 Å². The minimum absolute atomic E-state index is 0.279. The Labute approximate surface area is 174 Å². The summed E-state index contributed by atoms with van der Waals surface area (Å²) < 4.78 is 10.6. The molecule has 0 radical (unpaired) electrons. The molecule has 0 fully saturated rings. The number of hydrogen-bond acceptors (Lipinski definition) is 6. The maximum atomic E-state index is 12.5. The highest BCUT2D eigenvalue weighted by molar-refractivity contribution is 7.16. The van der Waals surface area contributed by atoms with Crippen LogP contribution in [-0.4, -0.2) is 24.6 Å². The van der Waals surface area contributed by atoms with Gasteiger partial charge < -0.3 is 14.8 Å². The highest BCUT2D eigenvalue weighted by Gasteiger charge is 2.24. The molecule has 152 valence electrons. The van der Waals surface area contributed by atoms with Crippen LogP contribution in [0.25, 0.3) is 0 Å². The third kappa shape index (κ3) is 5.15. The van der Waals surface area contributed by atoms with Gasteiger partial charge in [-0.1, -0.05) is 24.6 Å². The number of para-hydroxylation sites is 1. The second kappa shape index (κ2) is 9.57. The van der Waals surface area contributed by atoms with Gasteiger partial charge >= 0.3 is 5.97 Å². The molecule has 1 heterocycles. The highest BCUT2D eigenvalue weighted by Crippen LogP contribution is 2.37. The molecule has 2 aromatic rings. The van der Waals surface area contributed by atoms with Gasteiger partial charge in [0.05, 0.1) is 5.56 Å². The maximum Gasteiger partial charge on any atom is 0.344 e. The van der Waals surface area contributed by atoms with Gasteiger partial charge in [-0.05, 0) is 56.7 Å². The Bertz CT molecular complexity index is 945. The first-order valence-electron chi connectivity index (χ1n) is 9.73. The van der Waals surface area contributed by atoms with Gasteiger partial charge in [0.25, 0.3) is 5.91 Å². The molecule has 7 heteroatoms. The van der Waals surface area contributed by atoms with E-state index in [9.17, 15) is 14.9 Å². The van der Waals surface area contributed by atoms with Crippen LogP contribution in [0.3, 0.4) is 0 Å². The zero-order chi connectivity index (χ0) is 20.8. The molecular weight excluding hydrogens is 388 g/mol. The standard InChI is InChI=1S/C22H24N2O4S/c1-14-8-6-7-10-18(14)27-13-20(25)28-15(2)21(26)24-22-17(12-23)16-9-4-3-5-11-19(16)29-22/h6-8,10,15H,3-5,9,11,13H2,1-2H3,(H,24,26). The van der Waals surface area contributed by atoms with Crippen molar-refractivity contribution in [1.29, 1.82) is 5.26 Å². The zero-order valence-electron chi connectivity index (χ0n) is 16.6. The van der Waals surface area contributed by atoms with Gasteiger partial charge in [-0.15, -0.1) is 11.3 Å². The number of nitriles is 1. The van der Waals surface area contributed by atoms with Gasteiger partial charge in [0, 0.05) is 4.88 Å². The number of aryl methyl sites for hydroxylation is 2. The van der Waals surface area contributed by atoms with Crippen molar-refractivity contribution in [3.63, 3.8) is 0 Å². The van der Waals surface area contributed by atoms with Crippen molar-refractivity contribution >= 4 is 28.2 Å². The average Bonchev–Trinajstić information content (AvgIpc) is 2.86. The Balaban J connectivity index is 1.57. The van der Waals surface area contributed by atoms with Gasteiger partial charge in [-0.25, -0.2) is 4.79 Å². The molecule has 1 N–H and O–H groups in total. The molecule has 1 aromatic heterocycles. The molecule has 0 aliphatic heterocycles. The topological polar surface area (TPSA) is 88.4 Å². The number of benzene rings is 1. The summed E-state index contributed by atoms with van der Waals surface area (Å²) >= 11 is 1.45. The number of carbonyl (C=O) groups excluding carboxylic acids is 2. The average molecular weight is 413 g/mol. The summed E-state index contributed by atoms with van der Waals surface area (Å²) in [5, 5.41) is 12.9. The van der Waals surface area contributed by atoms with Crippen LogP contribution < -0.4 is 10.1 Å². The molecule has 3 rings (SSSR count). The fourth-order valence-electron chi connectivity index (χ4n) is 3.30. The summed E-state index contributed by atoms with van der Waals surface area (Å²) in [7, 11) is 0. The van der Waals surface area contributed by atoms with Crippen LogP contribution >= 0.6 is 11.3 Å². The van der Waals surface area contributed by atoms with E-state index in [1.54, 1.807) is 6.07 Å². The summed E-state index contributed by atoms with van der Waals surface area (Å²) in [5.74, 6) is -0.485. The normalized spacial score (nSPS) is 14.1. The molecule has 6 nitrogen and oxygen atoms in total. The largest absolute Gasteiger partial charge is 0.482 e. The highest BCUT2D eigenvalue weighted by atomic mass is 32.1. The molecule has 1 atom stereocenters. The molecule has 29 heavy (non-hydrogen) atoms. The summed E-state index contributed by atoms with van der Waals surface area (Å²) in [5.41, 5.74) is 2.51. The van der Waals surface area contributed by atoms with Crippen molar-refractivity contribution in [1.82, 2.24) is 0 Å². The summed E-state index contributed by atoms with van der Waals surface area (Å²) in [4.78, 5) is 25.7. The third-order valence-corrected chi connectivity index (χ3v) is 6.09. The predicted molar refractivity (Wildman–Crippen MR) is 111 cm³/mol. The Kier molecular flexibility index (Phi) is 6.89. The molecule has 0 saturated heterocycles. The van der Waals surface area contributed by atoms with Crippen LogP contribution in [0.4, 0.5) is 5.00 Å². The first-order valence-corrected chi connectivity index (χ1v) is 10.5. The number of carbonyl (C=O) groups is 2. The number of amides is 1. The Hall–Kier alpha value is -2.85. The second-order valence-electron chi connectivity index (χ2n) is 7.06. The smallest absolute Gasteiger partial charge is 0.344 e. The van der Waals surface area contributed by atoms with E-state index in [2.05, 4.69) is 11.4 Å². The number of nitrogens with one attached hydrogen (secondary N) is 1. The summed E-state index contributed by atoms with van der Waals surface area (Å²) in [6, 6.07) is 9.58. The minimum atomic E-state index is -0.989. The first kappa shape index (κ1) is 20.9. The van der Waals surface area contributed by atoms with Crippen molar-refractivity contribution in [2.75, 3.05) is 11.9 Å². The molecule has 0 bridgehead atoms. The summed E-state index contributed by atoms with van der Waals surface area (Å²) in [6.07, 6.45) is 4.13. The number of hydrogen-bond donors (Lipinski definition) is 1. The predicted octanol–water partition coefficient (Wildman–Crippen LogP) is 4.15. The molecule has 1 aliphatic carbocycles. The number of ether oxygens (including phenoxy) is 2. The van der Waals surface area contributed by atoms with Crippen LogP contribution in [0.1, 0.15) is 47.8 Å². The second-order valence-corrected chi connectivity index (χ2v) is 8.16. The van der Waals surface area contributed by atoms with E-state index < -0.39 is 18.0 Å². The Morgan fingerprint density at radius 2 is 2.00 bits per heavy atom. The van der Waals surface area contributed by atoms with Crippen molar-refractivity contribution in [2.24, 2.45) is 0 Å². The fraction of sp³-hybridized carbons (Fsp3) is 0.409. The summed E-state index contributed by atoms with van der Waals surface area (Å²) in [6.45, 7) is 3.11. The maximum absolute atomic E-state index is 12.5. The van der Waals surface area contributed by atoms with E-state index >= 15 is 0 Å². The van der Waals surface area contributed by atoms with Crippen molar-refractivity contribution < 1.29 is 19.1 Å². The van der Waals surface area contributed by atoms with Crippen LogP contribution in [0.5, 0.6) is 5.75 Å². The van der Waals surface area contributed by atoms with E-state index in [1.807, 2.05) is 25.1 Å². The molecule has 1 aliphatic rings. The van der Waals surface area contributed by atoms with E-state index in [-0.39, 0.29) is 6.61 Å². The van der Waals surface area contributed by atoms with E-state index in [0.717, 1.165) is 43.2 Å². The quantitative estimate of drug-likeness (QED) is 0.569. The lowest BCUT2D eigenvalue weighted by atomic mass is 10.1. The van der Waals surface area contributed by atoms with Crippen LogP contribution in [-0.2, 0) is 27.2 Å². The number of nitrogens with zero attached hydrogens (tertiary/aromatic N) is 1. The molecule has 0 saturated carbocycles. The number of esters is 1. The Morgan fingerprint density at radius 1 is 1.24 bits per heavy atom. The zero-order valence-corrected chi connectivity index (χ0v) is 17.4. The van der Waals surface area contributed by atoms with E-state index in [4.69, 9.17) is 9.47 Å². The number of anilines is 1. The SMILES string of the molecule is Cc1ccccc1OCC(=O)OC(C)C(=O)Nc1sc2c(c1C#N)CCCCC2. The van der Waals surface area contributed by atoms with Gasteiger partial charge in [0.1, 0.15) is 16.8 Å². The number of rotatable bonds is 6. The van der Waals surface area contributed by atoms with Gasteiger partial charge in [-0.2, -0.15) is 5.26 Å². The molecule has 1 unspecified atom stereocenters. The minimum Gasteiger partial charge on any atom is -0.482 e. The molecule has 1 aromatic carbocycles. The fourth-order valence-corrected chi connectivity index (χ4v) is 4.54. The molecule has 1 amide bonds. The lowest BCUT2D eigenvalue weighted by molar-refractivity contribution is -0.155.